The van der Waals surface area contributed by atoms with Gasteiger partial charge in [0.1, 0.15) is 0 Å². The Labute approximate surface area is 157 Å². The monoisotopic (exact) mass is 362 g/mol. The fourth-order valence-electron chi connectivity index (χ4n) is 4.40. The summed E-state index contributed by atoms with van der Waals surface area (Å²) in [6.07, 6.45) is 7.79. The molecule has 1 aromatic heterocycles. The van der Waals surface area contributed by atoms with Gasteiger partial charge in [0, 0.05) is 30.6 Å². The van der Waals surface area contributed by atoms with Crippen molar-refractivity contribution in [2.45, 2.75) is 57.5 Å². The van der Waals surface area contributed by atoms with Crippen LogP contribution >= 0.6 is 11.3 Å². The summed E-state index contributed by atoms with van der Waals surface area (Å²) in [5.41, 5.74) is 0. The van der Waals surface area contributed by atoms with Gasteiger partial charge >= 0.3 is 0 Å². The molecule has 4 nitrogen and oxygen atoms in total. The Balaban J connectivity index is 1.54. The minimum atomic E-state index is 0.537. The number of nitrogens with one attached hydrogen (secondary N) is 2. The topological polar surface area (TPSA) is 39.7 Å². The van der Waals surface area contributed by atoms with Gasteiger partial charge in [-0.15, -0.1) is 11.3 Å². The second kappa shape index (κ2) is 9.04. The Hall–Kier alpha value is -1.07. The van der Waals surface area contributed by atoms with Crippen molar-refractivity contribution in [1.82, 2.24) is 15.5 Å². The molecule has 2 atom stereocenters. The molecule has 1 saturated heterocycles. The van der Waals surface area contributed by atoms with E-state index in [1.807, 2.05) is 18.4 Å². The second-order valence-corrected chi connectivity index (χ2v) is 8.88. The Kier molecular flexibility index (Phi) is 6.77. The van der Waals surface area contributed by atoms with E-state index in [2.05, 4.69) is 52.0 Å². The van der Waals surface area contributed by atoms with Crippen LogP contribution in [0.2, 0.25) is 0 Å². The Morgan fingerprint density at radius 2 is 2.08 bits per heavy atom. The number of likely N-dealkylation sites (tertiary alicyclic amines) is 1. The largest absolute Gasteiger partial charge is 0.356 e. The standard InChI is InChI=1S/C20H34N4S/c1-15-8-10-17(11-9-15)23-20(21-2)22-14-16-6-4-12-24(3)19(16)18-7-5-13-25-18/h5,7,13,15-17,19H,4,6,8-12,14H2,1-3H3,(H2,21,22,23). The highest BCUT2D eigenvalue weighted by molar-refractivity contribution is 7.10. The summed E-state index contributed by atoms with van der Waals surface area (Å²) in [5, 5.41) is 9.48. The average molecular weight is 363 g/mol. The molecule has 0 aromatic carbocycles. The average Bonchev–Trinajstić information content (AvgIpc) is 3.14. The molecular weight excluding hydrogens is 328 g/mol. The van der Waals surface area contributed by atoms with Gasteiger partial charge in [0.25, 0.3) is 0 Å². The molecule has 1 aliphatic carbocycles. The van der Waals surface area contributed by atoms with Crippen molar-refractivity contribution < 1.29 is 0 Å². The van der Waals surface area contributed by atoms with Crippen LogP contribution < -0.4 is 10.6 Å². The smallest absolute Gasteiger partial charge is 0.191 e. The molecule has 2 N–H and O–H groups in total. The third kappa shape index (κ3) is 4.98. The maximum absolute atomic E-state index is 4.48. The SMILES string of the molecule is CN=C(NCC1CCCN(C)C1c1cccs1)NC1CCC(C)CC1. The zero-order valence-electron chi connectivity index (χ0n) is 16.0. The molecule has 1 saturated carbocycles. The summed E-state index contributed by atoms with van der Waals surface area (Å²) in [5.74, 6) is 2.51. The van der Waals surface area contributed by atoms with Gasteiger partial charge in [-0.3, -0.25) is 9.89 Å². The van der Waals surface area contributed by atoms with Crippen molar-refractivity contribution in [3.05, 3.63) is 22.4 Å². The van der Waals surface area contributed by atoms with Gasteiger partial charge < -0.3 is 10.6 Å². The molecule has 0 amide bonds. The molecule has 2 aliphatic rings. The number of piperidine rings is 1. The van der Waals surface area contributed by atoms with E-state index in [0.717, 1.165) is 18.4 Å². The third-order valence-corrected chi connectivity index (χ3v) is 6.90. The molecule has 140 valence electrons. The molecule has 2 fully saturated rings. The van der Waals surface area contributed by atoms with Gasteiger partial charge in [0.05, 0.1) is 0 Å². The number of guanidine groups is 1. The Morgan fingerprint density at radius 3 is 2.76 bits per heavy atom. The van der Waals surface area contributed by atoms with Crippen LogP contribution in [0.15, 0.2) is 22.5 Å². The van der Waals surface area contributed by atoms with Gasteiger partial charge in [-0.25, -0.2) is 0 Å². The molecule has 0 radical (unpaired) electrons. The van der Waals surface area contributed by atoms with Gasteiger partial charge in [-0.05, 0) is 75.4 Å². The van der Waals surface area contributed by atoms with Crippen LogP contribution in [0.5, 0.6) is 0 Å². The Morgan fingerprint density at radius 1 is 1.28 bits per heavy atom. The van der Waals surface area contributed by atoms with E-state index in [-0.39, 0.29) is 0 Å². The lowest BCUT2D eigenvalue weighted by atomic mass is 9.87. The predicted octanol–water partition coefficient (Wildman–Crippen LogP) is 3.87. The molecule has 1 aliphatic heterocycles. The van der Waals surface area contributed by atoms with Crippen molar-refractivity contribution in [3.63, 3.8) is 0 Å². The summed E-state index contributed by atoms with van der Waals surface area (Å²) < 4.78 is 0. The fraction of sp³-hybridized carbons (Fsp3) is 0.750. The number of hydrogen-bond acceptors (Lipinski definition) is 3. The lowest BCUT2D eigenvalue weighted by Gasteiger charge is -2.39. The Bertz CT molecular complexity index is 534. The first kappa shape index (κ1) is 18.7. The highest BCUT2D eigenvalue weighted by Gasteiger charge is 2.31. The molecule has 0 bridgehead atoms. The zero-order chi connectivity index (χ0) is 17.6. The molecular formula is C20H34N4S. The minimum Gasteiger partial charge on any atom is -0.356 e. The highest BCUT2D eigenvalue weighted by Crippen LogP contribution is 2.36. The van der Waals surface area contributed by atoms with Gasteiger partial charge in [0.15, 0.2) is 5.96 Å². The molecule has 2 unspecified atom stereocenters. The van der Waals surface area contributed by atoms with Gasteiger partial charge in [0.2, 0.25) is 0 Å². The van der Waals surface area contributed by atoms with Crippen molar-refractivity contribution >= 4 is 17.3 Å². The number of thiophene rings is 1. The van der Waals surface area contributed by atoms with E-state index in [9.17, 15) is 0 Å². The van der Waals surface area contributed by atoms with Crippen molar-refractivity contribution in [3.8, 4) is 0 Å². The molecule has 2 heterocycles. The van der Waals surface area contributed by atoms with Crippen molar-refractivity contribution in [2.24, 2.45) is 16.8 Å². The molecule has 1 aromatic rings. The summed E-state index contributed by atoms with van der Waals surface area (Å²) in [4.78, 5) is 8.50. The number of aliphatic imine (C=N–C) groups is 1. The molecule has 5 heteroatoms. The van der Waals surface area contributed by atoms with Gasteiger partial charge in [-0.2, -0.15) is 0 Å². The van der Waals surface area contributed by atoms with E-state index in [1.165, 1.54) is 49.9 Å². The maximum Gasteiger partial charge on any atom is 0.191 e. The lowest BCUT2D eigenvalue weighted by Crippen LogP contribution is -2.48. The first-order chi connectivity index (χ1) is 12.2. The van der Waals surface area contributed by atoms with Crippen molar-refractivity contribution in [2.75, 3.05) is 27.2 Å². The number of hydrogen-bond donors (Lipinski definition) is 2. The quantitative estimate of drug-likeness (QED) is 0.631. The maximum atomic E-state index is 4.48. The lowest BCUT2D eigenvalue weighted by molar-refractivity contribution is 0.125. The molecule has 0 spiro atoms. The third-order valence-electron chi connectivity index (χ3n) is 5.95. The summed E-state index contributed by atoms with van der Waals surface area (Å²) in [6.45, 7) is 4.57. The van der Waals surface area contributed by atoms with E-state index in [0.29, 0.717) is 18.0 Å². The zero-order valence-corrected chi connectivity index (χ0v) is 16.8. The van der Waals surface area contributed by atoms with Crippen LogP contribution in [0.1, 0.15) is 56.4 Å². The number of nitrogens with zero attached hydrogens (tertiary/aromatic N) is 2. The predicted molar refractivity (Wildman–Crippen MR) is 108 cm³/mol. The van der Waals surface area contributed by atoms with E-state index in [4.69, 9.17) is 0 Å². The van der Waals surface area contributed by atoms with E-state index < -0.39 is 0 Å². The van der Waals surface area contributed by atoms with E-state index >= 15 is 0 Å². The van der Waals surface area contributed by atoms with Crippen LogP contribution in [-0.2, 0) is 0 Å². The minimum absolute atomic E-state index is 0.537. The molecule has 25 heavy (non-hydrogen) atoms. The molecule has 3 rings (SSSR count). The van der Waals surface area contributed by atoms with Gasteiger partial charge in [-0.1, -0.05) is 13.0 Å². The van der Waals surface area contributed by atoms with Crippen LogP contribution in [-0.4, -0.2) is 44.1 Å². The fourth-order valence-corrected chi connectivity index (χ4v) is 5.39. The summed E-state index contributed by atoms with van der Waals surface area (Å²) >= 11 is 1.89. The summed E-state index contributed by atoms with van der Waals surface area (Å²) in [6, 6.07) is 5.59. The van der Waals surface area contributed by atoms with E-state index in [1.54, 1.807) is 0 Å². The normalized spacial score (nSPS) is 31.7. The number of rotatable bonds is 4. The summed E-state index contributed by atoms with van der Waals surface area (Å²) in [7, 11) is 4.16. The first-order valence-corrected chi connectivity index (χ1v) is 10.8. The highest BCUT2D eigenvalue weighted by atomic mass is 32.1. The first-order valence-electron chi connectivity index (χ1n) is 9.88. The van der Waals surface area contributed by atoms with Crippen molar-refractivity contribution in [1.29, 1.82) is 0 Å². The van der Waals surface area contributed by atoms with Crippen LogP contribution in [0.3, 0.4) is 0 Å². The van der Waals surface area contributed by atoms with Crippen LogP contribution in [0.4, 0.5) is 0 Å². The van der Waals surface area contributed by atoms with Crippen LogP contribution in [0.25, 0.3) is 0 Å². The second-order valence-electron chi connectivity index (χ2n) is 7.90. The van der Waals surface area contributed by atoms with Crippen LogP contribution in [0, 0.1) is 11.8 Å².